The van der Waals surface area contributed by atoms with E-state index in [-0.39, 0.29) is 16.9 Å². The number of ether oxygens (including phenoxy) is 1. The van der Waals surface area contributed by atoms with Crippen LogP contribution in [0.15, 0.2) is 12.1 Å². The maximum atomic E-state index is 13.4. The summed E-state index contributed by atoms with van der Waals surface area (Å²) in [7, 11) is 1.35. The Morgan fingerprint density at radius 2 is 2.06 bits per heavy atom. The fourth-order valence-corrected chi connectivity index (χ4v) is 2.80. The Hall–Kier alpha value is -1.29. The maximum absolute atomic E-state index is 13.4. The Morgan fingerprint density at radius 1 is 1.41 bits per heavy atom. The van der Waals surface area contributed by atoms with Crippen molar-refractivity contribution in [1.29, 1.82) is 0 Å². The highest BCUT2D eigenvalue weighted by atomic mass is 19.1. The molecule has 1 aromatic rings. The third-order valence-corrected chi connectivity index (χ3v) is 3.81. The van der Waals surface area contributed by atoms with Crippen molar-refractivity contribution < 1.29 is 14.2 Å². The minimum absolute atomic E-state index is 0.0813. The summed E-state index contributed by atoms with van der Waals surface area (Å²) in [6, 6.07) is 2.97. The Kier molecular flexibility index (Phi) is 3.24. The van der Waals surface area contributed by atoms with Crippen LogP contribution >= 0.6 is 0 Å². The van der Waals surface area contributed by atoms with Gasteiger partial charge in [0.15, 0.2) is 17.3 Å². The molecule has 0 spiro atoms. The minimum atomic E-state index is -0.543. The molecule has 0 radical (unpaired) electrons. The highest BCUT2D eigenvalue weighted by molar-refractivity contribution is 5.50. The zero-order chi connectivity index (χ0) is 12.5. The van der Waals surface area contributed by atoms with Gasteiger partial charge in [-0.25, -0.2) is 4.39 Å². The molecule has 1 aliphatic rings. The number of benzene rings is 1. The molecule has 0 unspecified atom stereocenters. The summed E-state index contributed by atoms with van der Waals surface area (Å²) in [5.41, 5.74) is 6.35. The van der Waals surface area contributed by atoms with Gasteiger partial charge in [0.05, 0.1) is 7.11 Å². The molecule has 17 heavy (non-hydrogen) atoms. The van der Waals surface area contributed by atoms with Crippen LogP contribution in [0.4, 0.5) is 4.39 Å². The van der Waals surface area contributed by atoms with Crippen LogP contribution in [0.2, 0.25) is 0 Å². The lowest BCUT2D eigenvalue weighted by Gasteiger charge is -2.29. The zero-order valence-electron chi connectivity index (χ0n) is 10.0. The molecule has 4 heteroatoms. The molecule has 0 aliphatic heterocycles. The molecule has 2 rings (SSSR count). The third kappa shape index (κ3) is 1.86. The topological polar surface area (TPSA) is 55.5 Å². The van der Waals surface area contributed by atoms with E-state index in [9.17, 15) is 9.50 Å². The molecule has 0 amide bonds. The first kappa shape index (κ1) is 12.2. The van der Waals surface area contributed by atoms with Gasteiger partial charge in [0.25, 0.3) is 0 Å². The molecule has 94 valence electrons. The molecule has 1 aliphatic carbocycles. The van der Waals surface area contributed by atoms with Gasteiger partial charge in [0.1, 0.15) is 0 Å². The van der Waals surface area contributed by atoms with Gasteiger partial charge in [-0.3, -0.25) is 0 Å². The molecule has 1 saturated carbocycles. The Bertz CT molecular complexity index is 414. The van der Waals surface area contributed by atoms with Gasteiger partial charge in [-0.2, -0.15) is 0 Å². The van der Waals surface area contributed by atoms with E-state index in [1.165, 1.54) is 13.2 Å². The van der Waals surface area contributed by atoms with Gasteiger partial charge in [-0.1, -0.05) is 18.9 Å². The average Bonchev–Trinajstić information content (AvgIpc) is 2.79. The molecular weight excluding hydrogens is 221 g/mol. The number of nitrogens with two attached hydrogens (primary N) is 1. The van der Waals surface area contributed by atoms with Gasteiger partial charge >= 0.3 is 0 Å². The summed E-state index contributed by atoms with van der Waals surface area (Å²) in [5.74, 6) is -0.721. The van der Waals surface area contributed by atoms with E-state index >= 15 is 0 Å². The number of hydrogen-bond donors (Lipinski definition) is 2. The minimum Gasteiger partial charge on any atom is -0.504 e. The molecule has 0 heterocycles. The monoisotopic (exact) mass is 239 g/mol. The summed E-state index contributed by atoms with van der Waals surface area (Å²) in [6.07, 6.45) is 4.06. The second-order valence-electron chi connectivity index (χ2n) is 4.67. The van der Waals surface area contributed by atoms with Crippen LogP contribution in [0.1, 0.15) is 31.2 Å². The number of rotatable bonds is 3. The van der Waals surface area contributed by atoms with Crippen molar-refractivity contribution in [3.05, 3.63) is 23.5 Å². The second-order valence-corrected chi connectivity index (χ2v) is 4.67. The fraction of sp³-hybridized carbons (Fsp3) is 0.538. The first-order valence-corrected chi connectivity index (χ1v) is 5.90. The van der Waals surface area contributed by atoms with Crippen LogP contribution in [0.5, 0.6) is 11.5 Å². The van der Waals surface area contributed by atoms with Crippen molar-refractivity contribution in [2.75, 3.05) is 13.7 Å². The molecule has 3 nitrogen and oxygen atoms in total. The van der Waals surface area contributed by atoms with Crippen LogP contribution in [0, 0.1) is 5.82 Å². The lowest BCUT2D eigenvalue weighted by atomic mass is 9.78. The summed E-state index contributed by atoms with van der Waals surface area (Å²) >= 11 is 0. The van der Waals surface area contributed by atoms with Gasteiger partial charge < -0.3 is 15.6 Å². The number of halogens is 1. The van der Waals surface area contributed by atoms with Gasteiger partial charge in [-0.05, 0) is 18.9 Å². The number of hydrogen-bond acceptors (Lipinski definition) is 3. The van der Waals surface area contributed by atoms with E-state index in [1.807, 2.05) is 0 Å². The lowest BCUT2D eigenvalue weighted by Crippen LogP contribution is -2.32. The molecular formula is C13H18FNO2. The van der Waals surface area contributed by atoms with E-state index in [4.69, 9.17) is 10.5 Å². The van der Waals surface area contributed by atoms with E-state index < -0.39 is 5.82 Å². The molecule has 3 N–H and O–H groups in total. The molecule has 0 atom stereocenters. The van der Waals surface area contributed by atoms with E-state index in [0.717, 1.165) is 31.2 Å². The standard InChI is InChI=1S/C13H18FNO2/c1-17-12-10(14)5-4-9(11(12)16)13(8-15)6-2-3-7-13/h4-5,16H,2-3,6-8,15H2,1H3. The summed E-state index contributed by atoms with van der Waals surface area (Å²) < 4.78 is 18.3. The predicted octanol–water partition coefficient (Wildman–Crippen LogP) is 2.31. The van der Waals surface area contributed by atoms with E-state index in [2.05, 4.69) is 0 Å². The van der Waals surface area contributed by atoms with Crippen molar-refractivity contribution in [2.24, 2.45) is 5.73 Å². The molecule has 1 fully saturated rings. The summed E-state index contributed by atoms with van der Waals surface area (Å²) in [4.78, 5) is 0. The van der Waals surface area contributed by atoms with Crippen molar-refractivity contribution >= 4 is 0 Å². The number of phenols is 1. The quantitative estimate of drug-likeness (QED) is 0.851. The SMILES string of the molecule is COc1c(F)ccc(C2(CN)CCCC2)c1O. The Balaban J connectivity index is 2.51. The van der Waals surface area contributed by atoms with E-state index in [1.54, 1.807) is 6.07 Å². The normalized spacial score (nSPS) is 18.3. The number of phenolic OH excluding ortho intramolecular Hbond substituents is 1. The Morgan fingerprint density at radius 3 is 2.59 bits per heavy atom. The van der Waals surface area contributed by atoms with Crippen molar-refractivity contribution in [1.82, 2.24) is 0 Å². The van der Waals surface area contributed by atoms with E-state index in [0.29, 0.717) is 6.54 Å². The molecule has 1 aromatic carbocycles. The summed E-state index contributed by atoms with van der Waals surface area (Å²) in [5, 5.41) is 10.1. The number of methoxy groups -OCH3 is 1. The average molecular weight is 239 g/mol. The van der Waals surface area contributed by atoms with Crippen LogP contribution in [0.25, 0.3) is 0 Å². The van der Waals surface area contributed by atoms with Crippen LogP contribution in [-0.4, -0.2) is 18.8 Å². The maximum Gasteiger partial charge on any atom is 0.196 e. The second kappa shape index (κ2) is 4.53. The molecule has 0 saturated heterocycles. The number of aromatic hydroxyl groups is 1. The predicted molar refractivity (Wildman–Crippen MR) is 63.8 cm³/mol. The first-order chi connectivity index (χ1) is 8.14. The molecule has 0 aromatic heterocycles. The largest absolute Gasteiger partial charge is 0.504 e. The highest BCUT2D eigenvalue weighted by Gasteiger charge is 2.37. The van der Waals surface area contributed by atoms with Gasteiger partial charge in [-0.15, -0.1) is 0 Å². The van der Waals surface area contributed by atoms with Gasteiger partial charge in [0.2, 0.25) is 0 Å². The first-order valence-electron chi connectivity index (χ1n) is 5.90. The third-order valence-electron chi connectivity index (χ3n) is 3.81. The van der Waals surface area contributed by atoms with Crippen LogP contribution in [-0.2, 0) is 5.41 Å². The molecule has 0 bridgehead atoms. The summed E-state index contributed by atoms with van der Waals surface area (Å²) in [6.45, 7) is 0.468. The zero-order valence-corrected chi connectivity index (χ0v) is 10.0. The van der Waals surface area contributed by atoms with Crippen molar-refractivity contribution in [3.63, 3.8) is 0 Å². The van der Waals surface area contributed by atoms with Crippen molar-refractivity contribution in [3.8, 4) is 11.5 Å². The smallest absolute Gasteiger partial charge is 0.196 e. The van der Waals surface area contributed by atoms with Crippen molar-refractivity contribution in [2.45, 2.75) is 31.1 Å². The highest BCUT2D eigenvalue weighted by Crippen LogP contribution is 2.47. The fourth-order valence-electron chi connectivity index (χ4n) is 2.80. The van der Waals surface area contributed by atoms with Crippen LogP contribution < -0.4 is 10.5 Å². The lowest BCUT2D eigenvalue weighted by molar-refractivity contribution is 0.336. The Labute approximate surface area is 100 Å². The van der Waals surface area contributed by atoms with Crippen LogP contribution in [0.3, 0.4) is 0 Å². The van der Waals surface area contributed by atoms with Gasteiger partial charge in [0, 0.05) is 17.5 Å².